The van der Waals surface area contributed by atoms with Gasteiger partial charge in [0.1, 0.15) is 0 Å². The van der Waals surface area contributed by atoms with E-state index in [1.54, 1.807) is 5.51 Å². The zero-order chi connectivity index (χ0) is 10.8. The Morgan fingerprint density at radius 1 is 1.60 bits per heavy atom. The fourth-order valence-electron chi connectivity index (χ4n) is 1.98. The Bertz CT molecular complexity index is 356. The van der Waals surface area contributed by atoms with E-state index in [2.05, 4.69) is 16.9 Å². The van der Waals surface area contributed by atoms with Gasteiger partial charge in [-0.1, -0.05) is 0 Å². The first-order valence-electron chi connectivity index (χ1n) is 5.03. The van der Waals surface area contributed by atoms with Crippen LogP contribution in [0.2, 0.25) is 0 Å². The fourth-order valence-corrected chi connectivity index (χ4v) is 2.93. The summed E-state index contributed by atoms with van der Waals surface area (Å²) in [6, 6.07) is 0. The second-order valence-electron chi connectivity index (χ2n) is 3.95. The standard InChI is InChI=1S/C10H14N2O2S/c1-12-4-2-7(3-5-12)9-8(10(13)14)11-6-15-9/h6-7H,2-5H2,1H3,(H,13,14). The molecule has 0 amide bonds. The normalized spacial score (nSPS) is 19.3. The van der Waals surface area contributed by atoms with Crippen molar-refractivity contribution in [1.82, 2.24) is 9.88 Å². The molecule has 0 unspecified atom stereocenters. The SMILES string of the molecule is CN1CCC(c2scnc2C(=O)O)CC1. The van der Waals surface area contributed by atoms with Crippen molar-refractivity contribution in [1.29, 1.82) is 0 Å². The van der Waals surface area contributed by atoms with Gasteiger partial charge < -0.3 is 10.0 Å². The monoisotopic (exact) mass is 226 g/mol. The van der Waals surface area contributed by atoms with E-state index in [4.69, 9.17) is 5.11 Å². The highest BCUT2D eigenvalue weighted by Crippen LogP contribution is 2.32. The zero-order valence-electron chi connectivity index (χ0n) is 8.64. The molecular weight excluding hydrogens is 212 g/mol. The number of carboxylic acids is 1. The van der Waals surface area contributed by atoms with Gasteiger partial charge in [0, 0.05) is 4.88 Å². The third-order valence-electron chi connectivity index (χ3n) is 2.89. The molecule has 1 aromatic rings. The van der Waals surface area contributed by atoms with Crippen molar-refractivity contribution in [2.45, 2.75) is 18.8 Å². The van der Waals surface area contributed by atoms with Crippen LogP contribution in [0.4, 0.5) is 0 Å². The fraction of sp³-hybridized carbons (Fsp3) is 0.600. The van der Waals surface area contributed by atoms with Crippen molar-refractivity contribution in [3.05, 3.63) is 16.1 Å². The van der Waals surface area contributed by atoms with Gasteiger partial charge >= 0.3 is 5.97 Å². The maximum atomic E-state index is 10.9. The number of hydrogen-bond acceptors (Lipinski definition) is 4. The number of rotatable bonds is 2. The first-order chi connectivity index (χ1) is 7.18. The quantitative estimate of drug-likeness (QED) is 0.833. The van der Waals surface area contributed by atoms with E-state index < -0.39 is 5.97 Å². The number of carbonyl (C=O) groups is 1. The summed E-state index contributed by atoms with van der Waals surface area (Å²) in [5.41, 5.74) is 1.89. The number of likely N-dealkylation sites (tertiary alicyclic amines) is 1. The van der Waals surface area contributed by atoms with E-state index >= 15 is 0 Å². The number of hydrogen-bond donors (Lipinski definition) is 1. The largest absolute Gasteiger partial charge is 0.476 e. The third kappa shape index (κ3) is 2.18. The molecule has 0 aliphatic carbocycles. The van der Waals surface area contributed by atoms with E-state index in [-0.39, 0.29) is 5.69 Å². The molecule has 0 atom stereocenters. The Hall–Kier alpha value is -0.940. The number of aromatic carboxylic acids is 1. The van der Waals surface area contributed by atoms with Crippen LogP contribution >= 0.6 is 11.3 Å². The summed E-state index contributed by atoms with van der Waals surface area (Å²) in [6.45, 7) is 2.09. The highest BCUT2D eigenvalue weighted by Gasteiger charge is 2.25. The van der Waals surface area contributed by atoms with Gasteiger partial charge in [-0.3, -0.25) is 0 Å². The minimum Gasteiger partial charge on any atom is -0.476 e. The Morgan fingerprint density at radius 2 is 2.27 bits per heavy atom. The minimum atomic E-state index is -0.898. The van der Waals surface area contributed by atoms with Gasteiger partial charge in [-0.2, -0.15) is 0 Å². The van der Waals surface area contributed by atoms with Crippen LogP contribution in [0, 0.1) is 0 Å². The van der Waals surface area contributed by atoms with E-state index in [0.717, 1.165) is 30.8 Å². The van der Waals surface area contributed by atoms with Gasteiger partial charge in [-0.05, 0) is 38.9 Å². The van der Waals surface area contributed by atoms with Crippen LogP contribution in [-0.2, 0) is 0 Å². The molecule has 1 fully saturated rings. The highest BCUT2D eigenvalue weighted by atomic mass is 32.1. The average Bonchev–Trinajstić information content (AvgIpc) is 2.67. The molecule has 1 N–H and O–H groups in total. The van der Waals surface area contributed by atoms with Gasteiger partial charge in [0.25, 0.3) is 0 Å². The Balaban J connectivity index is 2.15. The molecule has 2 rings (SSSR count). The topological polar surface area (TPSA) is 53.4 Å². The van der Waals surface area contributed by atoms with E-state index in [9.17, 15) is 4.79 Å². The van der Waals surface area contributed by atoms with Crippen LogP contribution in [-0.4, -0.2) is 41.1 Å². The third-order valence-corrected chi connectivity index (χ3v) is 3.88. The maximum absolute atomic E-state index is 10.9. The van der Waals surface area contributed by atoms with Crippen LogP contribution < -0.4 is 0 Å². The molecular formula is C10H14N2O2S. The first kappa shape index (κ1) is 10.6. The molecule has 4 nitrogen and oxygen atoms in total. The van der Waals surface area contributed by atoms with Crippen molar-refractivity contribution in [2.24, 2.45) is 0 Å². The Labute approximate surface area is 92.6 Å². The van der Waals surface area contributed by atoms with Crippen LogP contribution in [0.15, 0.2) is 5.51 Å². The number of thiazole rings is 1. The minimum absolute atomic E-state index is 0.259. The molecule has 5 heteroatoms. The summed E-state index contributed by atoms with van der Waals surface area (Å²) in [6.07, 6.45) is 2.08. The van der Waals surface area contributed by atoms with E-state index in [1.165, 1.54) is 11.3 Å². The molecule has 1 aromatic heterocycles. The lowest BCUT2D eigenvalue weighted by Crippen LogP contribution is -2.29. The van der Waals surface area contributed by atoms with Gasteiger partial charge in [0.15, 0.2) is 5.69 Å². The Morgan fingerprint density at radius 3 is 2.87 bits per heavy atom. The summed E-state index contributed by atoms with van der Waals surface area (Å²) in [5, 5.41) is 8.97. The number of piperidine rings is 1. The molecule has 1 saturated heterocycles. The predicted octanol–water partition coefficient (Wildman–Crippen LogP) is 1.65. The first-order valence-corrected chi connectivity index (χ1v) is 5.91. The van der Waals surface area contributed by atoms with Crippen LogP contribution in [0.25, 0.3) is 0 Å². The van der Waals surface area contributed by atoms with Crippen LogP contribution in [0.3, 0.4) is 0 Å². The molecule has 0 bridgehead atoms. The lowest BCUT2D eigenvalue weighted by Gasteiger charge is -2.28. The van der Waals surface area contributed by atoms with Crippen LogP contribution in [0.5, 0.6) is 0 Å². The van der Waals surface area contributed by atoms with Gasteiger partial charge in [0.2, 0.25) is 0 Å². The highest BCUT2D eigenvalue weighted by molar-refractivity contribution is 7.10. The Kier molecular flexibility index (Phi) is 3.02. The van der Waals surface area contributed by atoms with Gasteiger partial charge in [-0.15, -0.1) is 11.3 Å². The number of aromatic nitrogens is 1. The summed E-state index contributed by atoms with van der Waals surface area (Å²) >= 11 is 1.48. The number of carboxylic acid groups (broad SMARTS) is 1. The summed E-state index contributed by atoms with van der Waals surface area (Å²) in [5.74, 6) is -0.509. The predicted molar refractivity (Wildman–Crippen MR) is 58.5 cm³/mol. The summed E-state index contributed by atoms with van der Waals surface area (Å²) < 4.78 is 0. The van der Waals surface area contributed by atoms with Crippen LogP contribution in [0.1, 0.15) is 34.1 Å². The maximum Gasteiger partial charge on any atom is 0.355 e. The lowest BCUT2D eigenvalue weighted by atomic mass is 9.94. The van der Waals surface area contributed by atoms with Gasteiger partial charge in [0.05, 0.1) is 5.51 Å². The smallest absolute Gasteiger partial charge is 0.355 e. The molecule has 0 saturated carbocycles. The molecule has 0 radical (unpaired) electrons. The van der Waals surface area contributed by atoms with Crippen molar-refractivity contribution in [3.63, 3.8) is 0 Å². The zero-order valence-corrected chi connectivity index (χ0v) is 9.46. The molecule has 15 heavy (non-hydrogen) atoms. The molecule has 2 heterocycles. The lowest BCUT2D eigenvalue weighted by molar-refractivity contribution is 0.0689. The van der Waals surface area contributed by atoms with E-state index in [1.807, 2.05) is 0 Å². The van der Waals surface area contributed by atoms with Crippen molar-refractivity contribution >= 4 is 17.3 Å². The van der Waals surface area contributed by atoms with Crippen molar-refractivity contribution in [2.75, 3.05) is 20.1 Å². The molecule has 0 spiro atoms. The van der Waals surface area contributed by atoms with Crippen molar-refractivity contribution < 1.29 is 9.90 Å². The number of nitrogens with zero attached hydrogens (tertiary/aromatic N) is 2. The molecule has 1 aliphatic heterocycles. The van der Waals surface area contributed by atoms with Gasteiger partial charge in [-0.25, -0.2) is 9.78 Å². The molecule has 82 valence electrons. The average molecular weight is 226 g/mol. The summed E-state index contributed by atoms with van der Waals surface area (Å²) in [7, 11) is 2.10. The van der Waals surface area contributed by atoms with Crippen molar-refractivity contribution in [3.8, 4) is 0 Å². The molecule has 0 aromatic carbocycles. The second-order valence-corrected chi connectivity index (χ2v) is 4.83. The molecule has 1 aliphatic rings. The van der Waals surface area contributed by atoms with E-state index in [0.29, 0.717) is 5.92 Å². The second kappa shape index (κ2) is 4.28. The summed E-state index contributed by atoms with van der Waals surface area (Å²) in [4.78, 5) is 18.1.